The highest BCUT2D eigenvalue weighted by atomic mass is 16.3. The van der Waals surface area contributed by atoms with Gasteiger partial charge in [0.25, 0.3) is 0 Å². The summed E-state index contributed by atoms with van der Waals surface area (Å²) < 4.78 is 0. The molecule has 2 aromatic rings. The average Bonchev–Trinajstić information content (AvgIpc) is 2.70. The number of aromatic nitrogens is 2. The largest absolute Gasteiger partial charge is 0.399 e. The monoisotopic (exact) mass is 248 g/mol. The van der Waals surface area contributed by atoms with Crippen LogP contribution in [0.25, 0.3) is 11.0 Å². The molecule has 1 aromatic heterocycles. The Morgan fingerprint density at radius 1 is 1.50 bits per heavy atom. The fraction of sp³-hybridized carbons (Fsp3) is 0.462. The van der Waals surface area contributed by atoms with Crippen molar-refractivity contribution in [3.8, 4) is 0 Å². The van der Waals surface area contributed by atoms with Gasteiger partial charge in [-0.25, -0.2) is 4.98 Å². The molecule has 0 radical (unpaired) electrons. The molecule has 1 heterocycles. The Morgan fingerprint density at radius 3 is 2.94 bits per heavy atom. The van der Waals surface area contributed by atoms with E-state index in [-0.39, 0.29) is 12.1 Å². The zero-order valence-corrected chi connectivity index (χ0v) is 10.8. The first-order chi connectivity index (χ1) is 8.56. The second-order valence-electron chi connectivity index (χ2n) is 4.87. The minimum absolute atomic E-state index is 0.157. The molecular formula is C13H20N4O. The third-order valence-corrected chi connectivity index (χ3v) is 3.37. The molecule has 1 unspecified atom stereocenters. The van der Waals surface area contributed by atoms with Gasteiger partial charge in [-0.05, 0) is 38.0 Å². The summed E-state index contributed by atoms with van der Waals surface area (Å²) in [5, 5.41) is 12.4. The molecule has 18 heavy (non-hydrogen) atoms. The molecule has 0 amide bonds. The lowest BCUT2D eigenvalue weighted by atomic mass is 9.95. The van der Waals surface area contributed by atoms with Crippen LogP contribution in [0.4, 0.5) is 11.6 Å². The number of aromatic amines is 1. The molecule has 98 valence electrons. The van der Waals surface area contributed by atoms with Crippen molar-refractivity contribution in [2.45, 2.75) is 32.2 Å². The molecule has 0 aliphatic rings. The van der Waals surface area contributed by atoms with Crippen LogP contribution >= 0.6 is 0 Å². The minimum atomic E-state index is -0.159. The third-order valence-electron chi connectivity index (χ3n) is 3.37. The number of fused-ring (bicyclic) bond motifs is 1. The smallest absolute Gasteiger partial charge is 0.201 e. The predicted octanol–water partition coefficient (Wildman–Crippen LogP) is 2.11. The Labute approximate surface area is 106 Å². The maximum Gasteiger partial charge on any atom is 0.201 e. The van der Waals surface area contributed by atoms with Crippen LogP contribution in [0.5, 0.6) is 0 Å². The van der Waals surface area contributed by atoms with Gasteiger partial charge in [0, 0.05) is 17.8 Å². The SMILES string of the molecule is CCC(C)(CCO)Nc1nc2ccc(N)cc2[nH]1. The number of aliphatic hydroxyl groups is 1. The van der Waals surface area contributed by atoms with Crippen LogP contribution in [0, 0.1) is 0 Å². The summed E-state index contributed by atoms with van der Waals surface area (Å²) >= 11 is 0. The normalized spacial score (nSPS) is 14.6. The van der Waals surface area contributed by atoms with Crippen molar-refractivity contribution >= 4 is 22.7 Å². The number of hydrogen-bond donors (Lipinski definition) is 4. The number of anilines is 2. The summed E-state index contributed by atoms with van der Waals surface area (Å²) in [6.07, 6.45) is 1.59. The molecule has 0 saturated heterocycles. The zero-order valence-electron chi connectivity index (χ0n) is 10.8. The van der Waals surface area contributed by atoms with Gasteiger partial charge in [-0.1, -0.05) is 6.92 Å². The van der Waals surface area contributed by atoms with E-state index in [9.17, 15) is 0 Å². The molecule has 0 spiro atoms. The van der Waals surface area contributed by atoms with Crippen molar-refractivity contribution in [3.05, 3.63) is 18.2 Å². The maximum atomic E-state index is 9.10. The van der Waals surface area contributed by atoms with E-state index in [2.05, 4.69) is 29.1 Å². The van der Waals surface area contributed by atoms with E-state index in [4.69, 9.17) is 10.8 Å². The molecule has 0 saturated carbocycles. The van der Waals surface area contributed by atoms with Crippen LogP contribution < -0.4 is 11.1 Å². The molecule has 0 fully saturated rings. The van der Waals surface area contributed by atoms with Crippen molar-refractivity contribution in [2.75, 3.05) is 17.7 Å². The van der Waals surface area contributed by atoms with Gasteiger partial charge in [-0.3, -0.25) is 0 Å². The topological polar surface area (TPSA) is 87.0 Å². The van der Waals surface area contributed by atoms with Gasteiger partial charge in [0.2, 0.25) is 5.95 Å². The second kappa shape index (κ2) is 4.86. The summed E-state index contributed by atoms with van der Waals surface area (Å²) in [5.41, 5.74) is 8.09. The van der Waals surface area contributed by atoms with Crippen molar-refractivity contribution in [1.82, 2.24) is 9.97 Å². The Kier molecular flexibility index (Phi) is 3.43. The molecule has 1 atom stereocenters. The molecule has 5 nitrogen and oxygen atoms in total. The standard InChI is InChI=1S/C13H20N4O/c1-3-13(2,6-7-18)17-12-15-10-5-4-9(14)8-11(10)16-12/h4-5,8,18H,3,6-7,14H2,1-2H3,(H2,15,16,17). The molecule has 2 rings (SSSR count). The zero-order chi connectivity index (χ0) is 13.2. The number of aliphatic hydroxyl groups excluding tert-OH is 1. The van der Waals surface area contributed by atoms with Crippen LogP contribution in [0.15, 0.2) is 18.2 Å². The van der Waals surface area contributed by atoms with E-state index < -0.39 is 0 Å². The molecular weight excluding hydrogens is 228 g/mol. The van der Waals surface area contributed by atoms with E-state index in [1.807, 2.05) is 18.2 Å². The summed E-state index contributed by atoms with van der Waals surface area (Å²) in [5.74, 6) is 0.716. The quantitative estimate of drug-likeness (QED) is 0.610. The van der Waals surface area contributed by atoms with Crippen molar-refractivity contribution in [1.29, 1.82) is 0 Å². The van der Waals surface area contributed by atoms with Crippen LogP contribution in [0.2, 0.25) is 0 Å². The van der Waals surface area contributed by atoms with Gasteiger partial charge < -0.3 is 21.1 Å². The first-order valence-corrected chi connectivity index (χ1v) is 6.20. The molecule has 5 heteroatoms. The Morgan fingerprint density at radius 2 is 2.28 bits per heavy atom. The van der Waals surface area contributed by atoms with E-state index in [0.717, 1.165) is 17.5 Å². The van der Waals surface area contributed by atoms with Crippen molar-refractivity contribution in [2.24, 2.45) is 0 Å². The highest BCUT2D eigenvalue weighted by molar-refractivity contribution is 5.80. The lowest BCUT2D eigenvalue weighted by molar-refractivity contribution is 0.251. The molecule has 0 aliphatic carbocycles. The summed E-state index contributed by atoms with van der Waals surface area (Å²) in [6, 6.07) is 5.59. The first kappa shape index (κ1) is 12.7. The van der Waals surface area contributed by atoms with Gasteiger partial charge in [-0.15, -0.1) is 0 Å². The number of imidazole rings is 1. The van der Waals surface area contributed by atoms with E-state index in [1.54, 1.807) is 0 Å². The number of hydrogen-bond acceptors (Lipinski definition) is 4. The number of nitrogens with zero attached hydrogens (tertiary/aromatic N) is 1. The number of H-pyrrole nitrogens is 1. The van der Waals surface area contributed by atoms with Crippen molar-refractivity contribution < 1.29 is 5.11 Å². The summed E-state index contributed by atoms with van der Waals surface area (Å²) in [6.45, 7) is 4.32. The lowest BCUT2D eigenvalue weighted by Crippen LogP contribution is -2.35. The van der Waals surface area contributed by atoms with E-state index in [1.165, 1.54) is 0 Å². The number of benzene rings is 1. The number of nitrogens with two attached hydrogens (primary N) is 1. The van der Waals surface area contributed by atoms with Crippen LogP contribution in [-0.2, 0) is 0 Å². The first-order valence-electron chi connectivity index (χ1n) is 6.20. The van der Waals surface area contributed by atoms with Gasteiger partial charge in [-0.2, -0.15) is 0 Å². The minimum Gasteiger partial charge on any atom is -0.399 e. The lowest BCUT2D eigenvalue weighted by Gasteiger charge is -2.28. The number of nitrogen functional groups attached to an aromatic ring is 1. The molecule has 1 aromatic carbocycles. The highest BCUT2D eigenvalue weighted by Gasteiger charge is 2.22. The van der Waals surface area contributed by atoms with Gasteiger partial charge in [0.05, 0.1) is 11.0 Å². The van der Waals surface area contributed by atoms with Crippen LogP contribution in [0.3, 0.4) is 0 Å². The van der Waals surface area contributed by atoms with E-state index in [0.29, 0.717) is 18.1 Å². The number of nitrogens with one attached hydrogen (secondary N) is 2. The van der Waals surface area contributed by atoms with Gasteiger partial charge >= 0.3 is 0 Å². The van der Waals surface area contributed by atoms with Crippen molar-refractivity contribution in [3.63, 3.8) is 0 Å². The Balaban J connectivity index is 2.26. The van der Waals surface area contributed by atoms with E-state index >= 15 is 0 Å². The van der Waals surface area contributed by atoms with Gasteiger partial charge in [0.1, 0.15) is 0 Å². The Hall–Kier alpha value is -1.75. The van der Waals surface area contributed by atoms with Crippen LogP contribution in [-0.4, -0.2) is 27.2 Å². The number of rotatable bonds is 5. The predicted molar refractivity (Wildman–Crippen MR) is 74.5 cm³/mol. The molecule has 0 bridgehead atoms. The van der Waals surface area contributed by atoms with Crippen LogP contribution in [0.1, 0.15) is 26.7 Å². The summed E-state index contributed by atoms with van der Waals surface area (Å²) in [7, 11) is 0. The molecule has 0 aliphatic heterocycles. The fourth-order valence-electron chi connectivity index (χ4n) is 1.95. The third kappa shape index (κ3) is 2.56. The highest BCUT2D eigenvalue weighted by Crippen LogP contribution is 2.23. The Bertz CT molecular complexity index is 537. The van der Waals surface area contributed by atoms with Gasteiger partial charge in [0.15, 0.2) is 0 Å². The fourth-order valence-corrected chi connectivity index (χ4v) is 1.95. The summed E-state index contributed by atoms with van der Waals surface area (Å²) in [4.78, 5) is 7.67. The average molecular weight is 248 g/mol. The molecule has 5 N–H and O–H groups in total. The maximum absolute atomic E-state index is 9.10. The second-order valence-corrected chi connectivity index (χ2v) is 4.87.